The van der Waals surface area contributed by atoms with E-state index in [1.807, 2.05) is 30.3 Å². The summed E-state index contributed by atoms with van der Waals surface area (Å²) in [7, 11) is 0. The van der Waals surface area contributed by atoms with Gasteiger partial charge in [0.15, 0.2) is 0 Å². The molecule has 0 heterocycles. The largest absolute Gasteiger partial charge is 0.481 e. The first-order valence-electron chi connectivity index (χ1n) is 6.17. The third-order valence-corrected chi connectivity index (χ3v) is 3.21. The van der Waals surface area contributed by atoms with E-state index >= 15 is 0 Å². The molecule has 1 fully saturated rings. The number of rotatable bonds is 5. The Bertz CT molecular complexity index is 440. The van der Waals surface area contributed by atoms with Gasteiger partial charge >= 0.3 is 5.97 Å². The Hall–Kier alpha value is -1.84. The zero-order valence-corrected chi connectivity index (χ0v) is 10.4. The van der Waals surface area contributed by atoms with E-state index in [0.29, 0.717) is 6.54 Å². The molecule has 1 amide bonds. The van der Waals surface area contributed by atoms with Crippen LogP contribution in [-0.2, 0) is 16.1 Å². The summed E-state index contributed by atoms with van der Waals surface area (Å²) in [6.07, 6.45) is 1.95. The van der Waals surface area contributed by atoms with Gasteiger partial charge in [-0.3, -0.25) is 9.59 Å². The van der Waals surface area contributed by atoms with E-state index in [4.69, 9.17) is 5.11 Å². The molecular weight excluding hydrogens is 230 g/mol. The van der Waals surface area contributed by atoms with Crippen molar-refractivity contribution >= 4 is 11.9 Å². The molecule has 1 atom stereocenters. The summed E-state index contributed by atoms with van der Waals surface area (Å²) in [4.78, 5) is 24.7. The van der Waals surface area contributed by atoms with Crippen LogP contribution in [-0.4, -0.2) is 27.9 Å². The average molecular weight is 247 g/mol. The Morgan fingerprint density at radius 3 is 2.44 bits per heavy atom. The highest BCUT2D eigenvalue weighted by Gasteiger charge is 2.36. The standard InChI is InChI=1S/C14H17NO3/c1-10(14(17)18)13(16)15(12-7-8-12)9-11-5-3-2-4-6-11/h2-6,10,12H,7-9H2,1H3,(H,17,18). The first-order chi connectivity index (χ1) is 8.59. The first kappa shape index (κ1) is 12.6. The van der Waals surface area contributed by atoms with Crippen LogP contribution in [0.3, 0.4) is 0 Å². The lowest BCUT2D eigenvalue weighted by molar-refractivity contribution is -0.150. The van der Waals surface area contributed by atoms with Crippen molar-refractivity contribution < 1.29 is 14.7 Å². The molecule has 1 saturated carbocycles. The normalized spacial score (nSPS) is 16.1. The minimum absolute atomic E-state index is 0.222. The van der Waals surface area contributed by atoms with E-state index in [-0.39, 0.29) is 11.9 Å². The number of carbonyl (C=O) groups is 2. The van der Waals surface area contributed by atoms with Crippen LogP contribution in [0.1, 0.15) is 25.3 Å². The summed E-state index contributed by atoms with van der Waals surface area (Å²) in [5, 5.41) is 8.92. The minimum Gasteiger partial charge on any atom is -0.481 e. The monoisotopic (exact) mass is 247 g/mol. The van der Waals surface area contributed by atoms with E-state index in [1.54, 1.807) is 4.90 Å². The average Bonchev–Trinajstić information content (AvgIpc) is 3.19. The summed E-state index contributed by atoms with van der Waals surface area (Å²) >= 11 is 0. The number of carboxylic acids is 1. The highest BCUT2D eigenvalue weighted by Crippen LogP contribution is 2.29. The van der Waals surface area contributed by atoms with Gasteiger partial charge in [-0.25, -0.2) is 0 Å². The molecule has 1 aliphatic rings. The number of benzene rings is 1. The van der Waals surface area contributed by atoms with E-state index in [2.05, 4.69) is 0 Å². The molecule has 1 aliphatic carbocycles. The predicted molar refractivity (Wildman–Crippen MR) is 66.8 cm³/mol. The van der Waals surface area contributed by atoms with Gasteiger partial charge in [0.1, 0.15) is 5.92 Å². The maximum Gasteiger partial charge on any atom is 0.315 e. The molecule has 1 N–H and O–H groups in total. The van der Waals surface area contributed by atoms with E-state index < -0.39 is 11.9 Å². The molecule has 1 unspecified atom stereocenters. The molecule has 0 aromatic heterocycles. The summed E-state index contributed by atoms with van der Waals surface area (Å²) in [5.41, 5.74) is 1.04. The van der Waals surface area contributed by atoms with Crippen molar-refractivity contribution in [3.8, 4) is 0 Å². The molecular formula is C14H17NO3. The molecule has 1 aromatic carbocycles. The Balaban J connectivity index is 2.09. The van der Waals surface area contributed by atoms with Gasteiger partial charge in [0.25, 0.3) is 0 Å². The lowest BCUT2D eigenvalue weighted by Gasteiger charge is -2.24. The van der Waals surface area contributed by atoms with Crippen molar-refractivity contribution in [1.82, 2.24) is 4.90 Å². The van der Waals surface area contributed by atoms with Crippen molar-refractivity contribution in [3.63, 3.8) is 0 Å². The van der Waals surface area contributed by atoms with Gasteiger partial charge in [-0.05, 0) is 25.3 Å². The fraction of sp³-hybridized carbons (Fsp3) is 0.429. The molecule has 0 radical (unpaired) electrons. The molecule has 0 aliphatic heterocycles. The third kappa shape index (κ3) is 2.88. The van der Waals surface area contributed by atoms with Crippen molar-refractivity contribution in [2.24, 2.45) is 5.92 Å². The van der Waals surface area contributed by atoms with Gasteiger partial charge < -0.3 is 10.0 Å². The van der Waals surface area contributed by atoms with Gasteiger partial charge in [-0.2, -0.15) is 0 Å². The molecule has 4 heteroatoms. The topological polar surface area (TPSA) is 57.6 Å². The molecule has 0 spiro atoms. The molecule has 18 heavy (non-hydrogen) atoms. The highest BCUT2D eigenvalue weighted by molar-refractivity contribution is 5.96. The summed E-state index contributed by atoms with van der Waals surface area (Å²) in [5.74, 6) is -2.30. The summed E-state index contributed by atoms with van der Waals surface area (Å²) in [6, 6.07) is 9.89. The van der Waals surface area contributed by atoms with Crippen molar-refractivity contribution in [2.75, 3.05) is 0 Å². The minimum atomic E-state index is -1.06. The van der Waals surface area contributed by atoms with Gasteiger partial charge in [-0.1, -0.05) is 30.3 Å². The number of amides is 1. The van der Waals surface area contributed by atoms with Gasteiger partial charge in [0.05, 0.1) is 0 Å². The van der Waals surface area contributed by atoms with Crippen LogP contribution in [0.25, 0.3) is 0 Å². The van der Waals surface area contributed by atoms with Gasteiger partial charge in [0, 0.05) is 12.6 Å². The number of hydrogen-bond acceptors (Lipinski definition) is 2. The number of carbonyl (C=O) groups excluding carboxylic acids is 1. The van der Waals surface area contributed by atoms with Crippen LogP contribution in [0.15, 0.2) is 30.3 Å². The van der Waals surface area contributed by atoms with Crippen molar-refractivity contribution in [1.29, 1.82) is 0 Å². The molecule has 0 bridgehead atoms. The summed E-state index contributed by atoms with van der Waals surface area (Å²) < 4.78 is 0. The Morgan fingerprint density at radius 2 is 1.94 bits per heavy atom. The summed E-state index contributed by atoms with van der Waals surface area (Å²) in [6.45, 7) is 1.95. The van der Waals surface area contributed by atoms with Gasteiger partial charge in [-0.15, -0.1) is 0 Å². The lowest BCUT2D eigenvalue weighted by atomic mass is 10.1. The van der Waals surface area contributed by atoms with Crippen LogP contribution in [0.5, 0.6) is 0 Å². The second-order valence-corrected chi connectivity index (χ2v) is 4.74. The van der Waals surface area contributed by atoms with Crippen LogP contribution in [0.2, 0.25) is 0 Å². The van der Waals surface area contributed by atoms with E-state index in [1.165, 1.54) is 6.92 Å². The molecule has 1 aromatic rings. The van der Waals surface area contributed by atoms with Crippen molar-refractivity contribution in [3.05, 3.63) is 35.9 Å². The van der Waals surface area contributed by atoms with Crippen LogP contribution in [0, 0.1) is 5.92 Å². The van der Waals surface area contributed by atoms with Crippen LogP contribution >= 0.6 is 0 Å². The number of carboxylic acid groups (broad SMARTS) is 1. The molecule has 4 nitrogen and oxygen atoms in total. The van der Waals surface area contributed by atoms with Crippen LogP contribution < -0.4 is 0 Å². The maximum absolute atomic E-state index is 12.1. The third-order valence-electron chi connectivity index (χ3n) is 3.21. The lowest BCUT2D eigenvalue weighted by Crippen LogP contribution is -2.39. The van der Waals surface area contributed by atoms with E-state index in [0.717, 1.165) is 18.4 Å². The van der Waals surface area contributed by atoms with Gasteiger partial charge in [0.2, 0.25) is 5.91 Å². The predicted octanol–water partition coefficient (Wildman–Crippen LogP) is 1.90. The maximum atomic E-state index is 12.1. The second-order valence-electron chi connectivity index (χ2n) is 4.74. The second kappa shape index (κ2) is 5.21. The zero-order valence-electron chi connectivity index (χ0n) is 10.4. The fourth-order valence-electron chi connectivity index (χ4n) is 1.91. The Morgan fingerprint density at radius 1 is 1.33 bits per heavy atom. The van der Waals surface area contributed by atoms with Crippen LogP contribution in [0.4, 0.5) is 0 Å². The Kier molecular flexibility index (Phi) is 3.65. The first-order valence-corrected chi connectivity index (χ1v) is 6.17. The molecule has 2 rings (SSSR count). The zero-order chi connectivity index (χ0) is 13.1. The number of hydrogen-bond donors (Lipinski definition) is 1. The smallest absolute Gasteiger partial charge is 0.315 e. The molecule has 0 saturated heterocycles. The molecule has 96 valence electrons. The van der Waals surface area contributed by atoms with Crippen molar-refractivity contribution in [2.45, 2.75) is 32.4 Å². The number of nitrogens with zero attached hydrogens (tertiary/aromatic N) is 1. The highest BCUT2D eigenvalue weighted by atomic mass is 16.4. The van der Waals surface area contributed by atoms with E-state index in [9.17, 15) is 9.59 Å². The number of aliphatic carboxylic acids is 1. The SMILES string of the molecule is CC(C(=O)O)C(=O)N(Cc1ccccc1)C1CC1. The fourth-order valence-corrected chi connectivity index (χ4v) is 1.91. The quantitative estimate of drug-likeness (QED) is 0.808. The Labute approximate surface area is 106 Å².